The van der Waals surface area contributed by atoms with Crippen LogP contribution in [0.25, 0.3) is 0 Å². The molecule has 0 aliphatic heterocycles. The van der Waals surface area contributed by atoms with Gasteiger partial charge < -0.3 is 19.2 Å². The standard InChI is InChI=1S/C14H26N2O3/c1-4-5-6-17-7-8-18-14-16-13(11-19-14)10-15-9-12(2)3/h11-12,15H,4-10H2,1-3H3. The van der Waals surface area contributed by atoms with Crippen LogP contribution < -0.4 is 10.1 Å². The van der Waals surface area contributed by atoms with E-state index in [1.807, 2.05) is 0 Å². The normalized spacial score (nSPS) is 11.2. The average Bonchev–Trinajstić information content (AvgIpc) is 2.81. The number of nitrogens with one attached hydrogen (secondary N) is 1. The number of ether oxygens (including phenoxy) is 2. The Labute approximate surface area is 115 Å². The number of aromatic nitrogens is 1. The Kier molecular flexibility index (Phi) is 8.25. The molecule has 0 radical (unpaired) electrons. The summed E-state index contributed by atoms with van der Waals surface area (Å²) in [4.78, 5) is 4.23. The van der Waals surface area contributed by atoms with E-state index in [0.29, 0.717) is 31.8 Å². The molecule has 5 nitrogen and oxygen atoms in total. The van der Waals surface area contributed by atoms with Gasteiger partial charge in [0.05, 0.1) is 12.3 Å². The molecule has 0 saturated heterocycles. The fraction of sp³-hybridized carbons (Fsp3) is 0.786. The topological polar surface area (TPSA) is 56.5 Å². The second-order valence-corrected chi connectivity index (χ2v) is 4.94. The fourth-order valence-electron chi connectivity index (χ4n) is 1.46. The van der Waals surface area contributed by atoms with E-state index in [1.165, 1.54) is 0 Å². The maximum atomic E-state index is 5.39. The molecule has 0 aliphatic rings. The Morgan fingerprint density at radius 1 is 1.32 bits per heavy atom. The number of hydrogen-bond donors (Lipinski definition) is 1. The van der Waals surface area contributed by atoms with Crippen LogP contribution >= 0.6 is 0 Å². The van der Waals surface area contributed by atoms with Crippen LogP contribution in [-0.2, 0) is 11.3 Å². The van der Waals surface area contributed by atoms with Crippen LogP contribution in [0.5, 0.6) is 6.08 Å². The first kappa shape index (κ1) is 16.0. The van der Waals surface area contributed by atoms with E-state index < -0.39 is 0 Å². The van der Waals surface area contributed by atoms with Gasteiger partial charge in [-0.1, -0.05) is 27.2 Å². The first-order valence-electron chi connectivity index (χ1n) is 7.08. The summed E-state index contributed by atoms with van der Waals surface area (Å²) >= 11 is 0. The summed E-state index contributed by atoms with van der Waals surface area (Å²) in [6.45, 7) is 9.99. The van der Waals surface area contributed by atoms with Crippen molar-refractivity contribution in [2.75, 3.05) is 26.4 Å². The van der Waals surface area contributed by atoms with E-state index in [2.05, 4.69) is 31.1 Å². The number of rotatable bonds is 11. The van der Waals surface area contributed by atoms with Gasteiger partial charge in [-0.15, -0.1) is 0 Å². The van der Waals surface area contributed by atoms with Crippen LogP contribution in [-0.4, -0.2) is 31.3 Å². The summed E-state index contributed by atoms with van der Waals surface area (Å²) in [6.07, 6.45) is 4.18. The highest BCUT2D eigenvalue weighted by molar-refractivity contribution is 4.99. The van der Waals surface area contributed by atoms with Gasteiger partial charge in [-0.2, -0.15) is 4.98 Å². The number of unbranched alkanes of at least 4 members (excludes halogenated alkanes) is 1. The van der Waals surface area contributed by atoms with E-state index in [-0.39, 0.29) is 0 Å². The van der Waals surface area contributed by atoms with Crippen LogP contribution in [0.1, 0.15) is 39.3 Å². The maximum Gasteiger partial charge on any atom is 0.393 e. The largest absolute Gasteiger partial charge is 0.448 e. The quantitative estimate of drug-likeness (QED) is 0.626. The van der Waals surface area contributed by atoms with Gasteiger partial charge in [0, 0.05) is 13.2 Å². The Bertz CT molecular complexity index is 326. The molecule has 0 atom stereocenters. The van der Waals surface area contributed by atoms with Crippen molar-refractivity contribution in [3.05, 3.63) is 12.0 Å². The smallest absolute Gasteiger partial charge is 0.393 e. The predicted octanol–water partition coefficient (Wildman–Crippen LogP) is 2.62. The van der Waals surface area contributed by atoms with Gasteiger partial charge >= 0.3 is 6.08 Å². The van der Waals surface area contributed by atoms with Crippen LogP contribution in [0.4, 0.5) is 0 Å². The summed E-state index contributed by atoms with van der Waals surface area (Å²) < 4.78 is 16.0. The van der Waals surface area contributed by atoms with Crippen LogP contribution in [0.2, 0.25) is 0 Å². The van der Waals surface area contributed by atoms with Crippen molar-refractivity contribution in [1.29, 1.82) is 0 Å². The molecular formula is C14H26N2O3. The van der Waals surface area contributed by atoms with Gasteiger partial charge in [0.15, 0.2) is 0 Å². The van der Waals surface area contributed by atoms with Crippen molar-refractivity contribution in [2.24, 2.45) is 5.92 Å². The zero-order valence-electron chi connectivity index (χ0n) is 12.3. The minimum atomic E-state index is 0.320. The van der Waals surface area contributed by atoms with Crippen molar-refractivity contribution in [2.45, 2.75) is 40.2 Å². The van der Waals surface area contributed by atoms with Crippen molar-refractivity contribution in [3.8, 4) is 6.08 Å². The van der Waals surface area contributed by atoms with Gasteiger partial charge in [-0.25, -0.2) is 0 Å². The molecule has 5 heteroatoms. The van der Waals surface area contributed by atoms with Crippen LogP contribution in [0, 0.1) is 5.92 Å². The van der Waals surface area contributed by atoms with Gasteiger partial charge in [-0.3, -0.25) is 0 Å². The molecule has 0 fully saturated rings. The molecule has 0 spiro atoms. The highest BCUT2D eigenvalue weighted by Crippen LogP contribution is 2.09. The lowest BCUT2D eigenvalue weighted by atomic mass is 10.2. The first-order valence-corrected chi connectivity index (χ1v) is 7.08. The predicted molar refractivity (Wildman–Crippen MR) is 74.3 cm³/mol. The minimum absolute atomic E-state index is 0.320. The number of nitrogens with zero attached hydrogens (tertiary/aromatic N) is 1. The molecule has 0 saturated carbocycles. The minimum Gasteiger partial charge on any atom is -0.448 e. The summed E-state index contributed by atoms with van der Waals surface area (Å²) in [7, 11) is 0. The van der Waals surface area contributed by atoms with E-state index in [1.54, 1.807) is 6.26 Å². The van der Waals surface area contributed by atoms with E-state index in [9.17, 15) is 0 Å². The second kappa shape index (κ2) is 9.81. The van der Waals surface area contributed by atoms with Crippen molar-refractivity contribution >= 4 is 0 Å². The Hall–Kier alpha value is -1.07. The molecule has 1 aromatic rings. The van der Waals surface area contributed by atoms with Crippen LogP contribution in [0.15, 0.2) is 10.7 Å². The first-order chi connectivity index (χ1) is 9.22. The lowest BCUT2D eigenvalue weighted by Gasteiger charge is -2.04. The zero-order valence-corrected chi connectivity index (χ0v) is 12.3. The molecule has 0 amide bonds. The van der Waals surface area contributed by atoms with Gasteiger partial charge in [0.1, 0.15) is 12.9 Å². The zero-order chi connectivity index (χ0) is 13.9. The summed E-state index contributed by atoms with van der Waals surface area (Å²) in [6, 6.07) is 0. The molecule has 0 bridgehead atoms. The molecule has 1 N–H and O–H groups in total. The Morgan fingerprint density at radius 3 is 2.89 bits per heavy atom. The third kappa shape index (κ3) is 7.85. The van der Waals surface area contributed by atoms with Crippen molar-refractivity contribution < 1.29 is 13.9 Å². The molecule has 1 heterocycles. The summed E-state index contributed by atoms with van der Waals surface area (Å²) in [5.74, 6) is 0.628. The lowest BCUT2D eigenvalue weighted by Crippen LogP contribution is -2.19. The molecule has 19 heavy (non-hydrogen) atoms. The second-order valence-electron chi connectivity index (χ2n) is 4.94. The molecule has 1 rings (SSSR count). The molecule has 0 aromatic carbocycles. The van der Waals surface area contributed by atoms with Crippen molar-refractivity contribution in [1.82, 2.24) is 10.3 Å². The van der Waals surface area contributed by atoms with Gasteiger partial charge in [0.2, 0.25) is 0 Å². The average molecular weight is 270 g/mol. The number of oxazole rings is 1. The molecular weight excluding hydrogens is 244 g/mol. The van der Waals surface area contributed by atoms with Gasteiger partial charge in [0.25, 0.3) is 0 Å². The summed E-state index contributed by atoms with van der Waals surface area (Å²) in [5, 5.41) is 3.30. The van der Waals surface area contributed by atoms with Gasteiger partial charge in [-0.05, 0) is 18.9 Å². The van der Waals surface area contributed by atoms with Crippen LogP contribution in [0.3, 0.4) is 0 Å². The lowest BCUT2D eigenvalue weighted by molar-refractivity contribution is 0.0864. The number of hydrogen-bond acceptors (Lipinski definition) is 5. The SMILES string of the molecule is CCCCOCCOc1nc(CNCC(C)C)co1. The fourth-order valence-corrected chi connectivity index (χ4v) is 1.46. The maximum absolute atomic E-state index is 5.39. The molecule has 110 valence electrons. The Balaban J connectivity index is 2.09. The monoisotopic (exact) mass is 270 g/mol. The highest BCUT2D eigenvalue weighted by atomic mass is 16.6. The third-order valence-corrected chi connectivity index (χ3v) is 2.48. The van der Waals surface area contributed by atoms with Crippen molar-refractivity contribution in [3.63, 3.8) is 0 Å². The molecule has 1 aromatic heterocycles. The van der Waals surface area contributed by atoms with E-state index in [4.69, 9.17) is 13.9 Å². The summed E-state index contributed by atoms with van der Waals surface area (Å²) in [5.41, 5.74) is 0.863. The molecule has 0 aliphatic carbocycles. The molecule has 0 unspecified atom stereocenters. The van der Waals surface area contributed by atoms with E-state index >= 15 is 0 Å². The third-order valence-electron chi connectivity index (χ3n) is 2.48. The van der Waals surface area contributed by atoms with E-state index in [0.717, 1.165) is 31.7 Å². The Morgan fingerprint density at radius 2 is 2.16 bits per heavy atom. The highest BCUT2D eigenvalue weighted by Gasteiger charge is 2.04.